The maximum absolute atomic E-state index is 5.96. The molecule has 0 amide bonds. The van der Waals surface area contributed by atoms with Crippen LogP contribution in [0.5, 0.6) is 5.75 Å². The molecule has 0 fully saturated rings. The van der Waals surface area contributed by atoms with Crippen LogP contribution in [0.1, 0.15) is 0 Å². The lowest BCUT2D eigenvalue weighted by Crippen LogP contribution is -1.93. The van der Waals surface area contributed by atoms with Gasteiger partial charge < -0.3 is 4.74 Å². The summed E-state index contributed by atoms with van der Waals surface area (Å²) >= 11 is 13.9. The van der Waals surface area contributed by atoms with Crippen molar-refractivity contribution < 1.29 is 4.74 Å². The molecule has 0 spiro atoms. The van der Waals surface area contributed by atoms with Crippen LogP contribution < -0.4 is 4.74 Å². The molecule has 88 valence electrons. The van der Waals surface area contributed by atoms with Gasteiger partial charge in [-0.05, 0) is 46.9 Å². The molecule has 1 aromatic heterocycles. The molecule has 6 heteroatoms. The minimum absolute atomic E-state index is 0.358. The zero-order valence-electron chi connectivity index (χ0n) is 8.75. The predicted molar refractivity (Wildman–Crippen MR) is 76.8 cm³/mol. The summed E-state index contributed by atoms with van der Waals surface area (Å²) in [5.74, 6) is 1.28. The lowest BCUT2D eigenvalue weighted by molar-refractivity contribution is 0.415. The lowest BCUT2D eigenvalue weighted by Gasteiger charge is -2.05. The van der Waals surface area contributed by atoms with Gasteiger partial charge in [-0.3, -0.25) is 0 Å². The van der Waals surface area contributed by atoms with Gasteiger partial charge in [-0.1, -0.05) is 23.2 Å². The number of nitrogens with zero attached hydrogens (tertiary/aromatic N) is 2. The van der Waals surface area contributed by atoms with Crippen molar-refractivity contribution in [2.24, 2.45) is 0 Å². The van der Waals surface area contributed by atoms with Crippen molar-refractivity contribution in [3.63, 3.8) is 0 Å². The Morgan fingerprint density at radius 3 is 2.06 bits per heavy atom. The van der Waals surface area contributed by atoms with Crippen LogP contribution in [0, 0.1) is 3.57 Å². The molecule has 0 saturated heterocycles. The van der Waals surface area contributed by atoms with Crippen molar-refractivity contribution in [1.82, 2.24) is 9.97 Å². The van der Waals surface area contributed by atoms with E-state index < -0.39 is 0 Å². The fraction of sp³-hybridized carbons (Fsp3) is 0.0909. The van der Waals surface area contributed by atoms with Gasteiger partial charge in [-0.15, -0.1) is 0 Å². The average molecular weight is 381 g/mol. The number of hydrogen-bond acceptors (Lipinski definition) is 3. The highest BCUT2D eigenvalue weighted by Crippen LogP contribution is 2.27. The minimum atomic E-state index is 0.358. The Hall–Kier alpha value is -0.590. The predicted octanol–water partition coefficient (Wildman–Crippen LogP) is 4.06. The van der Waals surface area contributed by atoms with Gasteiger partial charge in [-0.2, -0.15) is 0 Å². The molecule has 17 heavy (non-hydrogen) atoms. The largest absolute Gasteiger partial charge is 0.497 e. The summed E-state index contributed by atoms with van der Waals surface area (Å²) in [6.45, 7) is 0. The van der Waals surface area contributed by atoms with Crippen LogP contribution in [0.4, 0.5) is 0 Å². The van der Waals surface area contributed by atoms with Gasteiger partial charge in [-0.25, -0.2) is 9.97 Å². The second kappa shape index (κ2) is 5.37. The summed E-state index contributed by atoms with van der Waals surface area (Å²) in [5, 5.41) is 0.716. The van der Waals surface area contributed by atoms with E-state index in [1.807, 2.05) is 46.9 Å². The first-order chi connectivity index (χ1) is 8.11. The van der Waals surface area contributed by atoms with Gasteiger partial charge in [0.05, 0.1) is 10.7 Å². The Morgan fingerprint density at radius 1 is 1.06 bits per heavy atom. The fourth-order valence-electron chi connectivity index (χ4n) is 1.26. The number of hydrogen-bond donors (Lipinski definition) is 0. The number of ether oxygens (including phenoxy) is 1. The highest BCUT2D eigenvalue weighted by molar-refractivity contribution is 14.1. The zero-order chi connectivity index (χ0) is 12.4. The van der Waals surface area contributed by atoms with Gasteiger partial charge in [0.15, 0.2) is 5.82 Å². The third-order valence-corrected chi connectivity index (χ3v) is 4.33. The molecule has 0 aliphatic carbocycles. The van der Waals surface area contributed by atoms with Gasteiger partial charge in [0, 0.05) is 5.56 Å². The average Bonchev–Trinajstić information content (AvgIpc) is 2.35. The summed E-state index contributed by atoms with van der Waals surface area (Å²) in [7, 11) is 1.62. The molecule has 1 heterocycles. The Bertz CT molecular complexity index is 523. The molecule has 0 atom stereocenters. The fourth-order valence-corrected chi connectivity index (χ4v) is 1.89. The monoisotopic (exact) mass is 380 g/mol. The summed E-state index contributed by atoms with van der Waals surface area (Å²) in [6.07, 6.45) is 0. The highest BCUT2D eigenvalue weighted by atomic mass is 127. The smallest absolute Gasteiger partial charge is 0.162 e. The number of aromatic nitrogens is 2. The Labute approximate surface area is 122 Å². The molecule has 3 nitrogen and oxygen atoms in total. The van der Waals surface area contributed by atoms with Crippen LogP contribution in [0.15, 0.2) is 24.3 Å². The van der Waals surface area contributed by atoms with Gasteiger partial charge in [0.25, 0.3) is 0 Å². The Balaban J connectivity index is 2.45. The summed E-state index contributed by atoms with van der Waals surface area (Å²) in [4.78, 5) is 8.36. The number of rotatable bonds is 2. The first-order valence-electron chi connectivity index (χ1n) is 4.65. The lowest BCUT2D eigenvalue weighted by atomic mass is 10.2. The molecular formula is C11H7Cl2IN2O. The molecule has 0 aliphatic heterocycles. The standard InChI is InChI=1S/C11H7Cl2IN2O/c1-17-7-4-2-6(3-5-7)11-15-9(12)8(14)10(13)16-11/h2-5H,1H3. The van der Waals surface area contributed by atoms with E-state index in [0.29, 0.717) is 19.7 Å². The normalized spacial score (nSPS) is 10.4. The second-order valence-corrected chi connectivity index (χ2v) is 4.97. The van der Waals surface area contributed by atoms with Crippen LogP contribution in [0.3, 0.4) is 0 Å². The van der Waals surface area contributed by atoms with Crippen molar-refractivity contribution >= 4 is 45.8 Å². The molecular weight excluding hydrogens is 374 g/mol. The second-order valence-electron chi connectivity index (χ2n) is 3.17. The third-order valence-electron chi connectivity index (χ3n) is 2.12. The molecule has 0 radical (unpaired) electrons. The molecule has 2 rings (SSSR count). The molecule has 0 aliphatic rings. The summed E-state index contributed by atoms with van der Waals surface area (Å²) in [5.41, 5.74) is 0.839. The van der Waals surface area contributed by atoms with E-state index in [2.05, 4.69) is 9.97 Å². The van der Waals surface area contributed by atoms with E-state index in [4.69, 9.17) is 27.9 Å². The van der Waals surface area contributed by atoms with Crippen molar-refractivity contribution in [3.05, 3.63) is 38.1 Å². The SMILES string of the molecule is COc1ccc(-c2nc(Cl)c(I)c(Cl)n2)cc1. The molecule has 2 aromatic rings. The van der Waals surface area contributed by atoms with Crippen molar-refractivity contribution in [2.75, 3.05) is 7.11 Å². The topological polar surface area (TPSA) is 35.0 Å². The first-order valence-corrected chi connectivity index (χ1v) is 6.48. The maximum atomic E-state index is 5.96. The minimum Gasteiger partial charge on any atom is -0.497 e. The van der Waals surface area contributed by atoms with Crippen molar-refractivity contribution in [1.29, 1.82) is 0 Å². The van der Waals surface area contributed by atoms with Gasteiger partial charge >= 0.3 is 0 Å². The zero-order valence-corrected chi connectivity index (χ0v) is 12.4. The van der Waals surface area contributed by atoms with E-state index in [9.17, 15) is 0 Å². The van der Waals surface area contributed by atoms with Gasteiger partial charge in [0.2, 0.25) is 0 Å². The van der Waals surface area contributed by atoms with Crippen molar-refractivity contribution in [3.8, 4) is 17.1 Å². The number of methoxy groups -OCH3 is 1. The van der Waals surface area contributed by atoms with Crippen molar-refractivity contribution in [2.45, 2.75) is 0 Å². The third kappa shape index (κ3) is 2.81. The number of benzene rings is 1. The summed E-state index contributed by atoms with van der Waals surface area (Å²) < 4.78 is 5.73. The molecule has 1 aromatic carbocycles. The molecule has 0 saturated carbocycles. The van der Waals surface area contributed by atoms with E-state index in [0.717, 1.165) is 11.3 Å². The van der Waals surface area contributed by atoms with Crippen LogP contribution >= 0.6 is 45.8 Å². The van der Waals surface area contributed by atoms with Crippen LogP contribution in [-0.2, 0) is 0 Å². The summed E-state index contributed by atoms with van der Waals surface area (Å²) in [6, 6.07) is 7.37. The quantitative estimate of drug-likeness (QED) is 0.582. The maximum Gasteiger partial charge on any atom is 0.162 e. The Kier molecular flexibility index (Phi) is 4.06. The van der Waals surface area contributed by atoms with Crippen LogP contribution in [0.25, 0.3) is 11.4 Å². The highest BCUT2D eigenvalue weighted by Gasteiger charge is 2.10. The van der Waals surface area contributed by atoms with Crippen LogP contribution in [0.2, 0.25) is 10.3 Å². The first kappa shape index (κ1) is 12.9. The molecule has 0 bridgehead atoms. The van der Waals surface area contributed by atoms with E-state index in [1.165, 1.54) is 0 Å². The van der Waals surface area contributed by atoms with Gasteiger partial charge in [0.1, 0.15) is 16.1 Å². The molecule has 0 N–H and O–H groups in total. The van der Waals surface area contributed by atoms with E-state index in [-0.39, 0.29) is 0 Å². The number of halogens is 3. The van der Waals surface area contributed by atoms with E-state index in [1.54, 1.807) is 7.11 Å². The Morgan fingerprint density at radius 2 is 1.59 bits per heavy atom. The molecule has 0 unspecified atom stereocenters. The van der Waals surface area contributed by atoms with Crippen LogP contribution in [-0.4, -0.2) is 17.1 Å². The van der Waals surface area contributed by atoms with E-state index >= 15 is 0 Å².